The summed E-state index contributed by atoms with van der Waals surface area (Å²) >= 11 is 0.658. The van der Waals surface area contributed by atoms with E-state index in [9.17, 15) is 0 Å². The van der Waals surface area contributed by atoms with Gasteiger partial charge >= 0.3 is 0 Å². The van der Waals surface area contributed by atoms with E-state index in [4.69, 9.17) is 0 Å². The van der Waals surface area contributed by atoms with E-state index in [1.807, 2.05) is 0 Å². The molecule has 0 spiro atoms. The molecule has 0 amide bonds. The van der Waals surface area contributed by atoms with Gasteiger partial charge in [0.1, 0.15) is 0 Å². The smallest absolute Gasteiger partial charge is 0.222 e. The van der Waals surface area contributed by atoms with Gasteiger partial charge in [-0.05, 0) is 13.8 Å². The zero-order chi connectivity index (χ0) is 6.95. The summed E-state index contributed by atoms with van der Waals surface area (Å²) in [6.07, 6.45) is 0. The Balaban J connectivity index is 2.60. The van der Waals surface area contributed by atoms with Crippen molar-refractivity contribution in [1.82, 2.24) is 0 Å². The van der Waals surface area contributed by atoms with Gasteiger partial charge in [0.2, 0.25) is 12.3 Å². The number of hydrogen-bond donors (Lipinski definition) is 0. The maximum Gasteiger partial charge on any atom is 0.228 e. The highest BCUT2D eigenvalue weighted by Crippen LogP contribution is 2.04. The Morgan fingerprint density at radius 3 is 1.78 bits per heavy atom. The molecule has 0 unspecified atom stereocenters. The average molecular weight is 154 g/mol. The van der Waals surface area contributed by atoms with Crippen LogP contribution in [0.1, 0.15) is 13.8 Å². The SMILES string of the molecule is CCOOSOOCC. The molecule has 0 radical (unpaired) electrons. The summed E-state index contributed by atoms with van der Waals surface area (Å²) < 4.78 is 8.71. The zero-order valence-electron chi connectivity index (χ0n) is 5.46. The molecule has 0 aromatic carbocycles. The van der Waals surface area contributed by atoms with Gasteiger partial charge in [0, 0.05) is 0 Å². The van der Waals surface area contributed by atoms with E-state index in [2.05, 4.69) is 18.4 Å². The van der Waals surface area contributed by atoms with Crippen molar-refractivity contribution in [3.8, 4) is 0 Å². The highest BCUT2D eigenvalue weighted by atomic mass is 32.2. The van der Waals surface area contributed by atoms with Crippen LogP contribution in [0.15, 0.2) is 0 Å². The van der Waals surface area contributed by atoms with Crippen molar-refractivity contribution in [2.24, 2.45) is 0 Å². The van der Waals surface area contributed by atoms with Crippen LogP contribution < -0.4 is 0 Å². The van der Waals surface area contributed by atoms with Gasteiger partial charge in [-0.1, -0.05) is 0 Å². The van der Waals surface area contributed by atoms with Crippen molar-refractivity contribution < 1.29 is 18.4 Å². The van der Waals surface area contributed by atoms with Crippen LogP contribution >= 0.6 is 12.3 Å². The van der Waals surface area contributed by atoms with E-state index in [1.54, 1.807) is 13.8 Å². The van der Waals surface area contributed by atoms with Crippen LogP contribution in [0.2, 0.25) is 0 Å². The van der Waals surface area contributed by atoms with Crippen LogP contribution in [0.5, 0.6) is 0 Å². The molecule has 0 saturated heterocycles. The largest absolute Gasteiger partial charge is 0.228 e. The summed E-state index contributed by atoms with van der Waals surface area (Å²) in [4.78, 5) is 8.88. The first-order valence-electron chi connectivity index (χ1n) is 2.66. The molecule has 0 aliphatic heterocycles. The molecule has 0 aromatic heterocycles. The second-order valence-corrected chi connectivity index (χ2v) is 1.43. The molecule has 0 aliphatic rings. The summed E-state index contributed by atoms with van der Waals surface area (Å²) in [5, 5.41) is 0. The minimum Gasteiger partial charge on any atom is -0.222 e. The molecule has 56 valence electrons. The van der Waals surface area contributed by atoms with Gasteiger partial charge in [-0.3, -0.25) is 0 Å². The van der Waals surface area contributed by atoms with Crippen LogP contribution in [0.25, 0.3) is 0 Å². The van der Waals surface area contributed by atoms with E-state index >= 15 is 0 Å². The molecule has 0 heterocycles. The summed E-state index contributed by atoms with van der Waals surface area (Å²) in [5.41, 5.74) is 0. The Kier molecular flexibility index (Phi) is 8.36. The van der Waals surface area contributed by atoms with Gasteiger partial charge < -0.3 is 0 Å². The minimum atomic E-state index is 0.489. The van der Waals surface area contributed by atoms with Crippen molar-refractivity contribution in [1.29, 1.82) is 0 Å². The zero-order valence-corrected chi connectivity index (χ0v) is 6.27. The molecule has 0 aromatic rings. The molecule has 0 fully saturated rings. The molecule has 5 heteroatoms. The molecule has 0 atom stereocenters. The second-order valence-electron chi connectivity index (χ2n) is 1.02. The molecular formula is C4H10O4S. The number of rotatable bonds is 6. The molecule has 0 saturated carbocycles. The van der Waals surface area contributed by atoms with Gasteiger partial charge in [0.15, 0.2) is 0 Å². The average Bonchev–Trinajstić information content (AvgIpc) is 1.89. The minimum absolute atomic E-state index is 0.489. The van der Waals surface area contributed by atoms with Crippen LogP contribution in [0.3, 0.4) is 0 Å². The van der Waals surface area contributed by atoms with E-state index < -0.39 is 0 Å². The van der Waals surface area contributed by atoms with Crippen molar-refractivity contribution in [3.05, 3.63) is 0 Å². The maximum atomic E-state index is 4.44. The third kappa shape index (κ3) is 8.19. The van der Waals surface area contributed by atoms with Crippen molar-refractivity contribution >= 4 is 12.3 Å². The maximum absolute atomic E-state index is 4.44. The summed E-state index contributed by atoms with van der Waals surface area (Å²) in [5.74, 6) is 0. The van der Waals surface area contributed by atoms with Gasteiger partial charge in [0.25, 0.3) is 0 Å². The second kappa shape index (κ2) is 8.19. The quantitative estimate of drug-likeness (QED) is 0.251. The Morgan fingerprint density at radius 1 is 1.00 bits per heavy atom. The third-order valence-corrected chi connectivity index (χ3v) is 0.691. The van der Waals surface area contributed by atoms with Gasteiger partial charge in [-0.25, -0.2) is 9.78 Å². The third-order valence-electron chi connectivity index (χ3n) is 0.387. The topological polar surface area (TPSA) is 36.9 Å². The molecule has 0 aliphatic carbocycles. The summed E-state index contributed by atoms with van der Waals surface area (Å²) in [7, 11) is 0. The lowest BCUT2D eigenvalue weighted by Gasteiger charge is -1.96. The molecule has 0 bridgehead atoms. The van der Waals surface area contributed by atoms with E-state index in [-0.39, 0.29) is 0 Å². The van der Waals surface area contributed by atoms with E-state index in [1.165, 1.54) is 0 Å². The van der Waals surface area contributed by atoms with Gasteiger partial charge in [0.05, 0.1) is 13.2 Å². The monoisotopic (exact) mass is 154 g/mol. The van der Waals surface area contributed by atoms with Crippen molar-refractivity contribution in [3.63, 3.8) is 0 Å². The fourth-order valence-electron chi connectivity index (χ4n) is 0.147. The lowest BCUT2D eigenvalue weighted by atomic mass is 10.9. The van der Waals surface area contributed by atoms with Crippen molar-refractivity contribution in [2.75, 3.05) is 13.2 Å². The Bertz CT molecular complexity index is 45.8. The highest BCUT2D eigenvalue weighted by Gasteiger charge is 1.87. The Hall–Kier alpha value is 0.190. The van der Waals surface area contributed by atoms with Crippen LogP contribution in [-0.4, -0.2) is 13.2 Å². The molecular weight excluding hydrogens is 144 g/mol. The van der Waals surface area contributed by atoms with Crippen LogP contribution in [0.4, 0.5) is 0 Å². The fourth-order valence-corrected chi connectivity index (χ4v) is 0.441. The van der Waals surface area contributed by atoms with Crippen molar-refractivity contribution in [2.45, 2.75) is 13.8 Å². The predicted octanol–water partition coefficient (Wildman–Crippen LogP) is 1.49. The first-order chi connectivity index (χ1) is 4.41. The summed E-state index contributed by atoms with van der Waals surface area (Å²) in [6, 6.07) is 0. The molecule has 0 N–H and O–H groups in total. The predicted molar refractivity (Wildman–Crippen MR) is 33.0 cm³/mol. The first-order valence-corrected chi connectivity index (χ1v) is 3.32. The normalized spacial score (nSPS) is 10.0. The van der Waals surface area contributed by atoms with Crippen LogP contribution in [-0.2, 0) is 18.4 Å². The fraction of sp³-hybridized carbons (Fsp3) is 1.00. The molecule has 0 rings (SSSR count). The van der Waals surface area contributed by atoms with E-state index in [0.717, 1.165) is 0 Å². The Labute approximate surface area is 58.7 Å². The van der Waals surface area contributed by atoms with Gasteiger partial charge in [-0.15, -0.1) is 8.67 Å². The highest BCUT2D eigenvalue weighted by molar-refractivity contribution is 7.89. The lowest BCUT2D eigenvalue weighted by molar-refractivity contribution is -0.235. The Morgan fingerprint density at radius 2 is 1.44 bits per heavy atom. The molecule has 9 heavy (non-hydrogen) atoms. The van der Waals surface area contributed by atoms with Gasteiger partial charge in [-0.2, -0.15) is 0 Å². The van der Waals surface area contributed by atoms with Crippen LogP contribution in [0, 0.1) is 0 Å². The summed E-state index contributed by atoms with van der Waals surface area (Å²) in [6.45, 7) is 4.59. The number of hydrogen-bond acceptors (Lipinski definition) is 5. The van der Waals surface area contributed by atoms with E-state index in [0.29, 0.717) is 25.5 Å². The molecule has 4 nitrogen and oxygen atoms in total. The first kappa shape index (κ1) is 9.19. The lowest BCUT2D eigenvalue weighted by Crippen LogP contribution is -1.88. The standard InChI is InChI=1S/C4H10O4S/c1-3-5-7-9-8-6-4-2/h3-4H2,1-2H3.